The number of hydrogen-bond donors (Lipinski definition) is 2. The van der Waals surface area contributed by atoms with Gasteiger partial charge in [-0.05, 0) is 75.9 Å². The lowest BCUT2D eigenvalue weighted by Crippen LogP contribution is -2.47. The van der Waals surface area contributed by atoms with E-state index in [0.29, 0.717) is 12.7 Å². The summed E-state index contributed by atoms with van der Waals surface area (Å²) in [4.78, 5) is 12.8. The topological polar surface area (TPSA) is 59.6 Å². The van der Waals surface area contributed by atoms with Crippen LogP contribution in [-0.4, -0.2) is 38.8 Å². The molecule has 1 saturated carbocycles. The molecule has 3 rings (SSSR count). The van der Waals surface area contributed by atoms with Gasteiger partial charge in [-0.3, -0.25) is 4.79 Å². The molecule has 5 nitrogen and oxygen atoms in total. The maximum atomic E-state index is 12.8. The number of hydrogen-bond acceptors (Lipinski definition) is 4. The number of amides is 1. The number of nitrogens with one attached hydrogen (secondary N) is 2. The lowest BCUT2D eigenvalue weighted by molar-refractivity contribution is -0.130. The van der Waals surface area contributed by atoms with Crippen molar-refractivity contribution >= 4 is 11.6 Å². The first-order valence-electron chi connectivity index (χ1n) is 9.00. The largest absolute Gasteiger partial charge is 0.490 e. The first-order valence-corrected chi connectivity index (χ1v) is 9.00. The molecule has 1 aromatic carbocycles. The summed E-state index contributed by atoms with van der Waals surface area (Å²) in [5.41, 5.74) is 0.381. The van der Waals surface area contributed by atoms with Gasteiger partial charge in [-0.25, -0.2) is 0 Å². The Balaban J connectivity index is 1.60. The van der Waals surface area contributed by atoms with E-state index in [2.05, 4.69) is 10.6 Å². The lowest BCUT2D eigenvalue weighted by atomic mass is 9.78. The van der Waals surface area contributed by atoms with E-state index in [9.17, 15) is 4.79 Å². The van der Waals surface area contributed by atoms with Crippen molar-refractivity contribution in [2.45, 2.75) is 44.6 Å². The Morgan fingerprint density at radius 1 is 1.21 bits per heavy atom. The van der Waals surface area contributed by atoms with Crippen LogP contribution >= 0.6 is 0 Å². The number of methoxy groups -OCH3 is 1. The molecular formula is C19H28N2O3. The van der Waals surface area contributed by atoms with Gasteiger partial charge in [0.1, 0.15) is 5.75 Å². The summed E-state index contributed by atoms with van der Waals surface area (Å²) in [5.74, 6) is 0.934. The van der Waals surface area contributed by atoms with Crippen molar-refractivity contribution in [3.05, 3.63) is 24.3 Å². The maximum absolute atomic E-state index is 12.8. The van der Waals surface area contributed by atoms with E-state index in [0.717, 1.165) is 50.2 Å². The molecule has 1 saturated heterocycles. The molecule has 5 heteroatoms. The molecule has 1 heterocycles. The van der Waals surface area contributed by atoms with Gasteiger partial charge in [0.05, 0.1) is 18.1 Å². The van der Waals surface area contributed by atoms with Crippen molar-refractivity contribution in [1.29, 1.82) is 0 Å². The molecule has 1 amide bonds. The standard InChI is InChI=1S/C19H28N2O3/c1-23-14-19(10-12-20-13-11-19)18(22)21-15-6-8-17(9-7-15)24-16-4-2-3-5-16/h6-9,16,20H,2-5,10-14H2,1H3,(H,21,22). The molecular weight excluding hydrogens is 304 g/mol. The highest BCUT2D eigenvalue weighted by molar-refractivity contribution is 5.95. The Kier molecular flexibility index (Phi) is 5.74. The number of benzene rings is 1. The smallest absolute Gasteiger partial charge is 0.233 e. The van der Waals surface area contributed by atoms with Crippen molar-refractivity contribution in [3.8, 4) is 5.75 Å². The minimum absolute atomic E-state index is 0.0512. The molecule has 132 valence electrons. The molecule has 2 fully saturated rings. The molecule has 0 atom stereocenters. The number of ether oxygens (including phenoxy) is 2. The van der Waals surface area contributed by atoms with Crippen LogP contribution in [0.4, 0.5) is 5.69 Å². The zero-order valence-electron chi connectivity index (χ0n) is 14.5. The Morgan fingerprint density at radius 3 is 2.50 bits per heavy atom. The first kappa shape index (κ1) is 17.2. The highest BCUT2D eigenvalue weighted by Crippen LogP contribution is 2.31. The van der Waals surface area contributed by atoms with E-state index in [1.807, 2.05) is 24.3 Å². The molecule has 0 spiro atoms. The van der Waals surface area contributed by atoms with Crippen LogP contribution in [0.1, 0.15) is 38.5 Å². The number of carbonyl (C=O) groups excluding carboxylic acids is 1. The van der Waals surface area contributed by atoms with E-state index in [-0.39, 0.29) is 5.91 Å². The van der Waals surface area contributed by atoms with Crippen molar-refractivity contribution in [1.82, 2.24) is 5.32 Å². The van der Waals surface area contributed by atoms with Crippen LogP contribution in [0.25, 0.3) is 0 Å². The zero-order valence-corrected chi connectivity index (χ0v) is 14.5. The number of anilines is 1. The normalized spacial score (nSPS) is 20.7. The van der Waals surface area contributed by atoms with Gasteiger partial charge in [0.2, 0.25) is 5.91 Å². The highest BCUT2D eigenvalue weighted by atomic mass is 16.5. The van der Waals surface area contributed by atoms with Gasteiger partial charge in [0, 0.05) is 12.8 Å². The van der Waals surface area contributed by atoms with Crippen LogP contribution in [0, 0.1) is 5.41 Å². The predicted molar refractivity (Wildman–Crippen MR) is 94.4 cm³/mol. The fourth-order valence-corrected chi connectivity index (χ4v) is 3.70. The Morgan fingerprint density at radius 2 is 1.88 bits per heavy atom. The summed E-state index contributed by atoms with van der Waals surface area (Å²) in [6, 6.07) is 7.73. The van der Waals surface area contributed by atoms with Crippen LogP contribution in [-0.2, 0) is 9.53 Å². The molecule has 1 aromatic rings. The number of piperidine rings is 1. The third kappa shape index (κ3) is 4.08. The summed E-state index contributed by atoms with van der Waals surface area (Å²) in [6.07, 6.45) is 6.76. The lowest BCUT2D eigenvalue weighted by Gasteiger charge is -2.35. The molecule has 0 aromatic heterocycles. The third-order valence-corrected chi connectivity index (χ3v) is 5.18. The summed E-state index contributed by atoms with van der Waals surface area (Å²) in [5, 5.41) is 6.36. The van der Waals surface area contributed by atoms with Gasteiger partial charge in [-0.1, -0.05) is 0 Å². The molecule has 1 aliphatic heterocycles. The maximum Gasteiger partial charge on any atom is 0.233 e. The SMILES string of the molecule is COCC1(C(=O)Nc2ccc(OC3CCCC3)cc2)CCNCC1. The minimum Gasteiger partial charge on any atom is -0.490 e. The molecule has 1 aliphatic carbocycles. The average Bonchev–Trinajstić information content (AvgIpc) is 3.11. The van der Waals surface area contributed by atoms with Crippen LogP contribution < -0.4 is 15.4 Å². The van der Waals surface area contributed by atoms with E-state index in [1.54, 1.807) is 7.11 Å². The van der Waals surface area contributed by atoms with Gasteiger partial charge >= 0.3 is 0 Å². The molecule has 2 N–H and O–H groups in total. The van der Waals surface area contributed by atoms with Crippen molar-refractivity contribution in [3.63, 3.8) is 0 Å². The van der Waals surface area contributed by atoms with E-state index in [1.165, 1.54) is 12.8 Å². The Labute approximate surface area is 144 Å². The molecule has 2 aliphatic rings. The summed E-state index contributed by atoms with van der Waals surface area (Å²) < 4.78 is 11.3. The third-order valence-electron chi connectivity index (χ3n) is 5.18. The van der Waals surface area contributed by atoms with Crippen LogP contribution in [0.15, 0.2) is 24.3 Å². The van der Waals surface area contributed by atoms with Crippen molar-refractivity contribution < 1.29 is 14.3 Å². The van der Waals surface area contributed by atoms with Gasteiger partial charge in [-0.2, -0.15) is 0 Å². The monoisotopic (exact) mass is 332 g/mol. The number of rotatable bonds is 6. The summed E-state index contributed by atoms with van der Waals surface area (Å²) >= 11 is 0. The van der Waals surface area contributed by atoms with Crippen LogP contribution in [0.3, 0.4) is 0 Å². The van der Waals surface area contributed by atoms with Crippen molar-refractivity contribution in [2.24, 2.45) is 5.41 Å². The zero-order chi connectivity index (χ0) is 16.8. The second kappa shape index (κ2) is 7.99. The van der Waals surface area contributed by atoms with Crippen LogP contribution in [0.2, 0.25) is 0 Å². The Bertz CT molecular complexity index is 527. The summed E-state index contributed by atoms with van der Waals surface area (Å²) in [7, 11) is 1.66. The van der Waals surface area contributed by atoms with Gasteiger partial charge < -0.3 is 20.1 Å². The molecule has 0 unspecified atom stereocenters. The molecule has 0 bridgehead atoms. The van der Waals surface area contributed by atoms with E-state index < -0.39 is 5.41 Å². The van der Waals surface area contributed by atoms with Gasteiger partial charge in [-0.15, -0.1) is 0 Å². The predicted octanol–water partition coefficient (Wildman–Crippen LogP) is 2.96. The van der Waals surface area contributed by atoms with E-state index in [4.69, 9.17) is 9.47 Å². The second-order valence-electron chi connectivity index (χ2n) is 6.97. The fourth-order valence-electron chi connectivity index (χ4n) is 3.70. The first-order chi connectivity index (χ1) is 11.7. The summed E-state index contributed by atoms with van der Waals surface area (Å²) in [6.45, 7) is 2.17. The van der Waals surface area contributed by atoms with Crippen LogP contribution in [0.5, 0.6) is 5.75 Å². The fraction of sp³-hybridized carbons (Fsp3) is 0.632. The average molecular weight is 332 g/mol. The van der Waals surface area contributed by atoms with Gasteiger partial charge in [0.15, 0.2) is 0 Å². The Hall–Kier alpha value is -1.59. The number of carbonyl (C=O) groups is 1. The quantitative estimate of drug-likeness (QED) is 0.841. The molecule has 24 heavy (non-hydrogen) atoms. The second-order valence-corrected chi connectivity index (χ2v) is 6.97. The molecule has 0 radical (unpaired) electrons. The van der Waals surface area contributed by atoms with Gasteiger partial charge in [0.25, 0.3) is 0 Å². The minimum atomic E-state index is -0.432. The highest BCUT2D eigenvalue weighted by Gasteiger charge is 2.39. The van der Waals surface area contributed by atoms with Crippen molar-refractivity contribution in [2.75, 3.05) is 32.1 Å². The van der Waals surface area contributed by atoms with E-state index >= 15 is 0 Å².